The number of hydrogen-bond acceptors (Lipinski definition) is 4. The van der Waals surface area contributed by atoms with Crippen LogP contribution in [0.3, 0.4) is 0 Å². The maximum Gasteiger partial charge on any atom is 0.235 e. The summed E-state index contributed by atoms with van der Waals surface area (Å²) in [6, 6.07) is 7.22. The van der Waals surface area contributed by atoms with Crippen molar-refractivity contribution in [3.8, 4) is 22.8 Å². The van der Waals surface area contributed by atoms with Gasteiger partial charge in [-0.2, -0.15) is 5.10 Å². The Morgan fingerprint density at radius 3 is 2.77 bits per heavy atom. The Kier molecular flexibility index (Phi) is 3.36. The summed E-state index contributed by atoms with van der Waals surface area (Å²) in [5.41, 5.74) is 1.74. The van der Waals surface area contributed by atoms with Gasteiger partial charge >= 0.3 is 0 Å². The third-order valence-corrected chi connectivity index (χ3v) is 3.73. The lowest BCUT2D eigenvalue weighted by atomic mass is 10.1. The van der Waals surface area contributed by atoms with Crippen molar-refractivity contribution in [2.24, 2.45) is 0 Å². The molecule has 6 nitrogen and oxygen atoms in total. The normalized spacial score (nSPS) is 11.0. The molecule has 1 aromatic carbocycles. The molecule has 0 aliphatic carbocycles. The fourth-order valence-electron chi connectivity index (χ4n) is 2.66. The van der Waals surface area contributed by atoms with Crippen LogP contribution >= 0.6 is 0 Å². The van der Waals surface area contributed by atoms with Gasteiger partial charge in [-0.25, -0.2) is 4.68 Å². The molecule has 0 fully saturated rings. The summed E-state index contributed by atoms with van der Waals surface area (Å²) in [5.74, 6) is 0.253. The molecule has 0 aliphatic heterocycles. The number of hydrogen-bond donors (Lipinski definition) is 2. The molecule has 0 spiro atoms. The molecule has 0 unspecified atom stereocenters. The molecule has 0 saturated carbocycles. The second-order valence-corrected chi connectivity index (χ2v) is 5.00. The van der Waals surface area contributed by atoms with Crippen LogP contribution in [-0.4, -0.2) is 27.0 Å². The summed E-state index contributed by atoms with van der Waals surface area (Å²) in [7, 11) is 1.55. The van der Waals surface area contributed by atoms with E-state index in [0.717, 1.165) is 0 Å². The quantitative estimate of drug-likeness (QED) is 0.778. The first-order valence-corrected chi connectivity index (χ1v) is 7.04. The van der Waals surface area contributed by atoms with E-state index in [4.69, 9.17) is 4.74 Å². The maximum absolute atomic E-state index is 12.5. The Morgan fingerprint density at radius 1 is 1.36 bits per heavy atom. The molecule has 2 heterocycles. The third kappa shape index (κ3) is 1.95. The predicted molar refractivity (Wildman–Crippen MR) is 84.4 cm³/mol. The number of aromatic hydroxyl groups is 1. The van der Waals surface area contributed by atoms with Gasteiger partial charge in [0.05, 0.1) is 23.9 Å². The fourth-order valence-corrected chi connectivity index (χ4v) is 2.66. The minimum atomic E-state index is -0.424. The van der Waals surface area contributed by atoms with Gasteiger partial charge in [-0.05, 0) is 26.0 Å². The van der Waals surface area contributed by atoms with Gasteiger partial charge in [-0.15, -0.1) is 0 Å². The van der Waals surface area contributed by atoms with Gasteiger partial charge in [0.25, 0.3) is 0 Å². The van der Waals surface area contributed by atoms with Crippen molar-refractivity contribution in [1.82, 2.24) is 14.8 Å². The number of rotatable bonds is 3. The molecule has 3 aromatic rings. The maximum atomic E-state index is 12.5. The van der Waals surface area contributed by atoms with E-state index in [2.05, 4.69) is 10.1 Å². The van der Waals surface area contributed by atoms with Crippen molar-refractivity contribution in [3.05, 3.63) is 40.2 Å². The molecule has 0 atom stereocenters. The number of methoxy groups -OCH3 is 1. The van der Waals surface area contributed by atoms with Gasteiger partial charge in [0.2, 0.25) is 5.43 Å². The van der Waals surface area contributed by atoms with Gasteiger partial charge in [0, 0.05) is 12.1 Å². The van der Waals surface area contributed by atoms with Crippen LogP contribution in [0.5, 0.6) is 11.5 Å². The highest BCUT2D eigenvalue weighted by molar-refractivity contribution is 5.85. The average molecular weight is 299 g/mol. The molecular weight excluding hydrogens is 282 g/mol. The average Bonchev–Trinajstić information content (AvgIpc) is 2.86. The molecule has 2 N–H and O–H groups in total. The summed E-state index contributed by atoms with van der Waals surface area (Å²) in [6.07, 6.45) is 0. The second kappa shape index (κ2) is 5.22. The Labute approximate surface area is 127 Å². The predicted octanol–water partition coefficient (Wildman–Crippen LogP) is 2.43. The summed E-state index contributed by atoms with van der Waals surface area (Å²) in [4.78, 5) is 15.6. The standard InChI is InChI=1S/C16H17N3O3/c1-4-19-16-12(9(2)18-19)14(20)15(21)13(17-16)10-7-5-6-8-11(10)22-3/h5-8,21H,4H2,1-3H3,(H,17,20). The third-order valence-electron chi connectivity index (χ3n) is 3.73. The fraction of sp³-hybridized carbons (Fsp3) is 0.250. The zero-order valence-electron chi connectivity index (χ0n) is 12.7. The first-order valence-electron chi connectivity index (χ1n) is 7.04. The number of H-pyrrole nitrogens is 1. The Balaban J connectivity index is 2.41. The van der Waals surface area contributed by atoms with Crippen molar-refractivity contribution >= 4 is 11.0 Å². The highest BCUT2D eigenvalue weighted by Gasteiger charge is 2.19. The number of para-hydroxylation sites is 1. The van der Waals surface area contributed by atoms with E-state index in [1.54, 1.807) is 30.8 Å². The molecule has 22 heavy (non-hydrogen) atoms. The van der Waals surface area contributed by atoms with Crippen LogP contribution in [0.4, 0.5) is 0 Å². The number of aromatic nitrogens is 3. The summed E-state index contributed by atoms with van der Waals surface area (Å²) >= 11 is 0. The zero-order valence-corrected chi connectivity index (χ0v) is 12.7. The van der Waals surface area contributed by atoms with Crippen LogP contribution in [0.15, 0.2) is 29.1 Å². The lowest BCUT2D eigenvalue weighted by molar-refractivity contribution is 0.415. The number of ether oxygens (including phenoxy) is 1. The van der Waals surface area contributed by atoms with Crippen LogP contribution in [0.1, 0.15) is 12.6 Å². The van der Waals surface area contributed by atoms with Crippen LogP contribution in [0.2, 0.25) is 0 Å². The number of aromatic amines is 1. The van der Waals surface area contributed by atoms with Crippen LogP contribution in [0.25, 0.3) is 22.3 Å². The minimum absolute atomic E-state index is 0.323. The van der Waals surface area contributed by atoms with E-state index < -0.39 is 5.43 Å². The molecule has 114 valence electrons. The smallest absolute Gasteiger partial charge is 0.235 e. The SMILES string of the molecule is CCn1nc(C)c2c(=O)c(O)c(-c3ccccc3OC)[nH]c21. The molecule has 0 radical (unpaired) electrons. The molecule has 0 amide bonds. The van der Waals surface area contributed by atoms with Gasteiger partial charge in [0.1, 0.15) is 11.4 Å². The number of fused-ring (bicyclic) bond motifs is 1. The van der Waals surface area contributed by atoms with Gasteiger partial charge in [-0.3, -0.25) is 4.79 Å². The molecule has 0 aliphatic rings. The van der Waals surface area contributed by atoms with Crippen molar-refractivity contribution in [2.45, 2.75) is 20.4 Å². The van der Waals surface area contributed by atoms with E-state index in [0.29, 0.717) is 40.3 Å². The molecule has 0 bridgehead atoms. The Morgan fingerprint density at radius 2 is 2.09 bits per heavy atom. The van der Waals surface area contributed by atoms with Crippen LogP contribution in [-0.2, 0) is 6.54 Å². The van der Waals surface area contributed by atoms with E-state index in [9.17, 15) is 9.90 Å². The number of pyridine rings is 1. The number of aryl methyl sites for hydroxylation is 2. The topological polar surface area (TPSA) is 80.1 Å². The first-order chi connectivity index (χ1) is 10.6. The second-order valence-electron chi connectivity index (χ2n) is 5.00. The minimum Gasteiger partial charge on any atom is -0.503 e. The molecule has 0 saturated heterocycles. The largest absolute Gasteiger partial charge is 0.503 e. The summed E-state index contributed by atoms with van der Waals surface area (Å²) in [6.45, 7) is 4.32. The van der Waals surface area contributed by atoms with E-state index in [1.165, 1.54) is 0 Å². The molecular formula is C16H17N3O3. The highest BCUT2D eigenvalue weighted by Crippen LogP contribution is 2.33. The summed E-state index contributed by atoms with van der Waals surface area (Å²) in [5, 5.41) is 15.1. The molecule has 6 heteroatoms. The summed E-state index contributed by atoms with van der Waals surface area (Å²) < 4.78 is 7.03. The highest BCUT2D eigenvalue weighted by atomic mass is 16.5. The van der Waals surface area contributed by atoms with Crippen LogP contribution in [0, 0.1) is 6.92 Å². The first kappa shape index (κ1) is 14.2. The van der Waals surface area contributed by atoms with E-state index in [-0.39, 0.29) is 5.75 Å². The number of nitrogens with one attached hydrogen (secondary N) is 1. The number of benzene rings is 1. The van der Waals surface area contributed by atoms with Crippen molar-refractivity contribution in [1.29, 1.82) is 0 Å². The van der Waals surface area contributed by atoms with Crippen molar-refractivity contribution in [2.75, 3.05) is 7.11 Å². The molecule has 3 rings (SSSR count). The van der Waals surface area contributed by atoms with Gasteiger partial charge in [-0.1, -0.05) is 12.1 Å². The Bertz CT molecular complexity index is 909. The Hall–Kier alpha value is -2.76. The lowest BCUT2D eigenvalue weighted by Crippen LogP contribution is -2.07. The van der Waals surface area contributed by atoms with Gasteiger partial charge < -0.3 is 14.8 Å². The molecule has 2 aromatic heterocycles. The van der Waals surface area contributed by atoms with E-state index >= 15 is 0 Å². The zero-order chi connectivity index (χ0) is 15.9. The van der Waals surface area contributed by atoms with Crippen molar-refractivity contribution in [3.63, 3.8) is 0 Å². The monoisotopic (exact) mass is 299 g/mol. The number of nitrogens with zero attached hydrogens (tertiary/aromatic N) is 2. The lowest BCUT2D eigenvalue weighted by Gasteiger charge is -2.10. The van der Waals surface area contributed by atoms with E-state index in [1.807, 2.05) is 19.1 Å². The van der Waals surface area contributed by atoms with Gasteiger partial charge in [0.15, 0.2) is 5.75 Å². The van der Waals surface area contributed by atoms with Crippen LogP contribution < -0.4 is 10.2 Å². The van der Waals surface area contributed by atoms with Crippen molar-refractivity contribution < 1.29 is 9.84 Å².